The summed E-state index contributed by atoms with van der Waals surface area (Å²) < 4.78 is 0. The maximum Gasteiger partial charge on any atom is 0.335 e. The Labute approximate surface area is 56.4 Å². The number of urea groups is 1. The third-order valence-electron chi connectivity index (χ3n) is 0.110. The number of aliphatic hydroxyl groups excluding tert-OH is 1. The van der Waals surface area contributed by atoms with Gasteiger partial charge in [-0.2, -0.15) is 0 Å². The number of hydrogen-bond acceptors (Lipinski definition) is 3. The van der Waals surface area contributed by atoms with Gasteiger partial charge in [0.2, 0.25) is 0 Å². The first-order valence-corrected chi connectivity index (χ1v) is 2.09. The Hall–Kier alpha value is -1.08. The molecule has 0 aromatic rings. The van der Waals surface area contributed by atoms with E-state index in [-0.39, 0.29) is 0 Å². The first-order chi connectivity index (χ1) is 4.00. The van der Waals surface area contributed by atoms with Gasteiger partial charge in [0.05, 0.1) is 0 Å². The van der Waals surface area contributed by atoms with E-state index in [2.05, 4.69) is 23.7 Å². The van der Waals surface area contributed by atoms with Gasteiger partial charge in [-0.25, -0.2) is 10.3 Å². The highest BCUT2D eigenvalue weighted by molar-refractivity contribution is 7.79. The quantitative estimate of drug-likeness (QED) is 0.170. The van der Waals surface area contributed by atoms with E-state index in [0.717, 1.165) is 0 Å². The van der Waals surface area contributed by atoms with Crippen molar-refractivity contribution in [3.8, 4) is 0 Å². The van der Waals surface area contributed by atoms with E-state index in [4.69, 9.17) is 10.3 Å². The van der Waals surface area contributed by atoms with Gasteiger partial charge in [-0.15, -0.1) is 0 Å². The Morgan fingerprint density at radius 1 is 1.56 bits per heavy atom. The van der Waals surface area contributed by atoms with Crippen molar-refractivity contribution in [2.24, 2.45) is 11.5 Å². The maximum atomic E-state index is 9.23. The van der Waals surface area contributed by atoms with Crippen molar-refractivity contribution in [2.45, 2.75) is 0 Å². The fraction of sp³-hybridized carbons (Fsp3) is 0. The molecule has 0 aliphatic heterocycles. The van der Waals surface area contributed by atoms with E-state index >= 15 is 0 Å². The molecule has 0 radical (unpaired) electrons. The average Bonchev–Trinajstić information content (AvgIpc) is 1.65. The Balaban J connectivity index is 0. The summed E-state index contributed by atoms with van der Waals surface area (Å²) in [7, 11) is 0. The molecule has 9 heavy (non-hydrogen) atoms. The van der Waals surface area contributed by atoms with Gasteiger partial charge in [0.25, 0.3) is 5.17 Å². The van der Waals surface area contributed by atoms with Gasteiger partial charge in [-0.3, -0.25) is 5.21 Å². The number of hydroxylamine groups is 1. The van der Waals surface area contributed by atoms with E-state index in [0.29, 0.717) is 0 Å². The molecule has 0 unspecified atom stereocenters. The summed E-state index contributed by atoms with van der Waals surface area (Å²) in [4.78, 5) is 9.23. The van der Waals surface area contributed by atoms with Gasteiger partial charge in [0.15, 0.2) is 0 Å². The molecule has 0 aromatic carbocycles. The molecule has 0 atom stereocenters. The minimum absolute atomic E-state index is 0.500. The number of rotatable bonds is 0. The molecule has 54 valence electrons. The van der Waals surface area contributed by atoms with E-state index in [9.17, 15) is 4.79 Å². The zero-order valence-corrected chi connectivity index (χ0v) is 5.18. The van der Waals surface area contributed by atoms with Crippen LogP contribution < -0.4 is 16.9 Å². The lowest BCUT2D eigenvalue weighted by atomic mass is 11.2. The Bertz CT molecular complexity index is 101. The second-order valence-corrected chi connectivity index (χ2v) is 1.23. The van der Waals surface area contributed by atoms with Crippen LogP contribution in [0.3, 0.4) is 0 Å². The highest BCUT2D eigenvalue weighted by Gasteiger charge is 1.75. The molecule has 7 heteroatoms. The molecule has 0 bridgehead atoms. The number of thiocarbonyl (C=S) groups is 1. The molecule has 0 fully saturated rings. The van der Waals surface area contributed by atoms with Gasteiger partial charge in [0, 0.05) is 0 Å². The maximum absolute atomic E-state index is 9.23. The topological polar surface area (TPSA) is 122 Å². The Morgan fingerprint density at radius 3 is 1.67 bits per heavy atom. The smallest absolute Gasteiger partial charge is 0.335 e. The fourth-order valence-corrected chi connectivity index (χ4v) is 0. The van der Waals surface area contributed by atoms with Gasteiger partial charge >= 0.3 is 6.03 Å². The molecule has 2 amide bonds. The molecule has 0 saturated carbocycles. The lowest BCUT2D eigenvalue weighted by Crippen LogP contribution is -2.25. The van der Waals surface area contributed by atoms with Crippen LogP contribution in [0.25, 0.3) is 0 Å². The first kappa shape index (κ1) is 10.8. The number of carbonyl (C=O) groups is 1. The minimum atomic E-state index is -0.940. The van der Waals surface area contributed by atoms with E-state index in [1.807, 2.05) is 0 Å². The first-order valence-electron chi connectivity index (χ1n) is 1.68. The Morgan fingerprint density at radius 2 is 1.67 bits per heavy atom. The van der Waals surface area contributed by atoms with Gasteiger partial charge in [-0.1, -0.05) is 0 Å². The van der Waals surface area contributed by atoms with Crippen molar-refractivity contribution in [2.75, 3.05) is 0 Å². The Kier molecular flexibility index (Phi) is 8.32. The summed E-state index contributed by atoms with van der Waals surface area (Å²) in [6.45, 7) is 0. The normalized spacial score (nSPS) is 6.33. The zero-order valence-electron chi connectivity index (χ0n) is 4.37. The molecule has 6 nitrogen and oxygen atoms in total. The van der Waals surface area contributed by atoms with Crippen molar-refractivity contribution < 1.29 is 15.1 Å². The third-order valence-corrected chi connectivity index (χ3v) is 0.110. The molecular weight excluding hydrogens is 146 g/mol. The van der Waals surface area contributed by atoms with Crippen LogP contribution in [0.15, 0.2) is 0 Å². The lowest BCUT2D eigenvalue weighted by Gasteiger charge is -1.79. The molecule has 0 saturated heterocycles. The van der Waals surface area contributed by atoms with Crippen LogP contribution in [0, 0.1) is 0 Å². The summed E-state index contributed by atoms with van der Waals surface area (Å²) in [5.74, 6) is 0. The summed E-state index contributed by atoms with van der Waals surface area (Å²) >= 11 is 3.87. The second kappa shape index (κ2) is 6.92. The molecular formula is C2H7N3O3S. The van der Waals surface area contributed by atoms with Crippen LogP contribution in [0.4, 0.5) is 4.79 Å². The SMILES string of the molecule is NC(=O)NO.NC(O)=S. The van der Waals surface area contributed by atoms with Crippen molar-refractivity contribution in [3.63, 3.8) is 0 Å². The number of nitrogens with two attached hydrogens (primary N) is 2. The number of aliphatic hydroxyl groups is 1. The zero-order chi connectivity index (χ0) is 7.86. The van der Waals surface area contributed by atoms with E-state index in [1.165, 1.54) is 5.48 Å². The summed E-state index contributed by atoms with van der Waals surface area (Å²) in [6.07, 6.45) is 0. The molecule has 0 heterocycles. The van der Waals surface area contributed by atoms with Crippen LogP contribution in [0.1, 0.15) is 0 Å². The molecule has 0 aliphatic rings. The molecule has 0 spiro atoms. The molecule has 0 rings (SSSR count). The van der Waals surface area contributed by atoms with Crippen molar-refractivity contribution in [3.05, 3.63) is 0 Å². The standard InChI is InChI=1S/CH4N2O2.CH3NOS/c2-1(4)3-5;2-1(3)4/h5H,(H3,2,3,4);(H3,2,3,4). The van der Waals surface area contributed by atoms with Crippen molar-refractivity contribution in [1.82, 2.24) is 5.48 Å². The number of amides is 2. The molecule has 0 aliphatic carbocycles. The number of nitrogens with one attached hydrogen (secondary N) is 1. The largest absolute Gasteiger partial charge is 0.487 e. The predicted molar refractivity (Wildman–Crippen MR) is 33.9 cm³/mol. The summed E-state index contributed by atoms with van der Waals surface area (Å²) in [5.41, 5.74) is 9.86. The van der Waals surface area contributed by atoms with Crippen molar-refractivity contribution >= 4 is 23.4 Å². The van der Waals surface area contributed by atoms with Crippen molar-refractivity contribution in [1.29, 1.82) is 0 Å². The second-order valence-electron chi connectivity index (χ2n) is 0.814. The van der Waals surface area contributed by atoms with E-state index < -0.39 is 11.2 Å². The number of hydrogen-bond donors (Lipinski definition) is 5. The van der Waals surface area contributed by atoms with Gasteiger partial charge in [-0.05, 0) is 12.2 Å². The summed E-state index contributed by atoms with van der Waals surface area (Å²) in [6, 6.07) is -0.940. The van der Waals surface area contributed by atoms with Crippen LogP contribution in [0.5, 0.6) is 0 Å². The average molecular weight is 153 g/mol. The molecule has 7 N–H and O–H groups in total. The van der Waals surface area contributed by atoms with Crippen LogP contribution >= 0.6 is 12.2 Å². The van der Waals surface area contributed by atoms with Crippen LogP contribution in [-0.2, 0) is 0 Å². The highest BCUT2D eigenvalue weighted by Crippen LogP contribution is 1.40. The van der Waals surface area contributed by atoms with Gasteiger partial charge in [0.1, 0.15) is 0 Å². The number of carbonyl (C=O) groups excluding carboxylic acids is 1. The fourth-order valence-electron chi connectivity index (χ4n) is 0. The van der Waals surface area contributed by atoms with Crippen LogP contribution in [0.2, 0.25) is 0 Å². The van der Waals surface area contributed by atoms with Crippen LogP contribution in [-0.4, -0.2) is 21.5 Å². The predicted octanol–water partition coefficient (Wildman–Crippen LogP) is -1.17. The number of primary amides is 1. The summed E-state index contributed by atoms with van der Waals surface area (Å²) in [5, 5.41) is 14.5. The monoisotopic (exact) mass is 153 g/mol. The lowest BCUT2D eigenvalue weighted by molar-refractivity contribution is 0.169. The molecule has 0 aromatic heterocycles. The van der Waals surface area contributed by atoms with Gasteiger partial charge < -0.3 is 16.6 Å². The minimum Gasteiger partial charge on any atom is -0.487 e. The highest BCUT2D eigenvalue weighted by atomic mass is 32.1. The third kappa shape index (κ3) is 198. The van der Waals surface area contributed by atoms with E-state index in [1.54, 1.807) is 0 Å².